The zero-order valence-corrected chi connectivity index (χ0v) is 14.0. The third-order valence-electron chi connectivity index (χ3n) is 3.67. The van der Waals surface area contributed by atoms with Gasteiger partial charge in [-0.1, -0.05) is 0 Å². The molecule has 124 valence electrons. The Morgan fingerprint density at radius 3 is 2.65 bits per heavy atom. The monoisotopic (exact) mass is 316 g/mol. The Hall–Kier alpha value is -2.42. The van der Waals surface area contributed by atoms with Crippen molar-refractivity contribution in [2.45, 2.75) is 32.8 Å². The number of carbonyl (C=O) groups is 1. The number of benzene rings is 1. The van der Waals surface area contributed by atoms with E-state index in [1.807, 2.05) is 26.8 Å². The van der Waals surface area contributed by atoms with Crippen LogP contribution in [0.4, 0.5) is 16.2 Å². The molecule has 0 atom stereocenters. The molecule has 0 radical (unpaired) electrons. The number of rotatable bonds is 1. The van der Waals surface area contributed by atoms with Gasteiger partial charge in [-0.25, -0.2) is 4.79 Å². The third kappa shape index (κ3) is 4.52. The van der Waals surface area contributed by atoms with Crippen molar-refractivity contribution in [3.8, 4) is 6.07 Å². The predicted molar refractivity (Wildman–Crippen MR) is 90.2 cm³/mol. The fourth-order valence-electron chi connectivity index (χ4n) is 2.52. The molecule has 1 aromatic carbocycles. The Morgan fingerprint density at radius 2 is 2.00 bits per heavy atom. The van der Waals surface area contributed by atoms with E-state index in [9.17, 15) is 4.79 Å². The van der Waals surface area contributed by atoms with Gasteiger partial charge in [0.15, 0.2) is 0 Å². The summed E-state index contributed by atoms with van der Waals surface area (Å²) < 4.78 is 5.43. The van der Waals surface area contributed by atoms with Gasteiger partial charge in [0, 0.05) is 37.6 Å². The molecule has 0 bridgehead atoms. The molecular weight excluding hydrogens is 292 g/mol. The topological polar surface area (TPSA) is 82.6 Å². The van der Waals surface area contributed by atoms with Crippen LogP contribution in [0, 0.1) is 11.3 Å². The second kappa shape index (κ2) is 6.78. The number of nitrogens with zero attached hydrogens (tertiary/aromatic N) is 3. The van der Waals surface area contributed by atoms with Crippen molar-refractivity contribution in [2.75, 3.05) is 36.8 Å². The van der Waals surface area contributed by atoms with Gasteiger partial charge >= 0.3 is 6.09 Å². The maximum Gasteiger partial charge on any atom is 0.410 e. The van der Waals surface area contributed by atoms with Gasteiger partial charge in [0.05, 0.1) is 5.56 Å². The maximum atomic E-state index is 12.2. The summed E-state index contributed by atoms with van der Waals surface area (Å²) >= 11 is 0. The summed E-state index contributed by atoms with van der Waals surface area (Å²) in [6, 6.07) is 7.58. The summed E-state index contributed by atoms with van der Waals surface area (Å²) in [7, 11) is 0. The zero-order chi connectivity index (χ0) is 17.0. The number of anilines is 2. The molecule has 1 amide bonds. The fraction of sp³-hybridized carbons (Fsp3) is 0.529. The van der Waals surface area contributed by atoms with Crippen LogP contribution in [0.1, 0.15) is 32.8 Å². The minimum absolute atomic E-state index is 0.269. The van der Waals surface area contributed by atoms with E-state index in [1.165, 1.54) is 0 Å². The molecule has 2 rings (SSSR count). The van der Waals surface area contributed by atoms with Crippen molar-refractivity contribution in [3.63, 3.8) is 0 Å². The molecule has 1 aliphatic rings. The van der Waals surface area contributed by atoms with Gasteiger partial charge in [-0.15, -0.1) is 0 Å². The molecule has 1 aromatic rings. The highest BCUT2D eigenvalue weighted by atomic mass is 16.6. The lowest BCUT2D eigenvalue weighted by atomic mass is 10.1. The summed E-state index contributed by atoms with van der Waals surface area (Å²) in [6.45, 7) is 8.40. The van der Waals surface area contributed by atoms with Gasteiger partial charge in [-0.2, -0.15) is 5.26 Å². The largest absolute Gasteiger partial charge is 0.444 e. The van der Waals surface area contributed by atoms with Gasteiger partial charge < -0.3 is 20.3 Å². The van der Waals surface area contributed by atoms with Crippen LogP contribution in [0.2, 0.25) is 0 Å². The van der Waals surface area contributed by atoms with Crippen LogP contribution in [0.5, 0.6) is 0 Å². The molecule has 1 saturated heterocycles. The zero-order valence-electron chi connectivity index (χ0n) is 14.0. The Balaban J connectivity index is 2.04. The van der Waals surface area contributed by atoms with E-state index >= 15 is 0 Å². The number of carbonyl (C=O) groups excluding carboxylic acids is 1. The highest BCUT2D eigenvalue weighted by Gasteiger charge is 2.24. The van der Waals surface area contributed by atoms with Crippen LogP contribution in [-0.2, 0) is 4.74 Å². The second-order valence-electron chi connectivity index (χ2n) is 6.69. The molecule has 0 aliphatic carbocycles. The SMILES string of the molecule is CC(C)(C)OC(=O)N1CCCN(c2ccc(N)c(C#N)c2)CC1. The van der Waals surface area contributed by atoms with E-state index in [0.717, 1.165) is 18.7 Å². The van der Waals surface area contributed by atoms with Crippen LogP contribution in [0.25, 0.3) is 0 Å². The highest BCUT2D eigenvalue weighted by molar-refractivity contribution is 5.68. The van der Waals surface area contributed by atoms with Crippen LogP contribution < -0.4 is 10.6 Å². The first-order valence-electron chi connectivity index (χ1n) is 7.82. The highest BCUT2D eigenvalue weighted by Crippen LogP contribution is 2.22. The summed E-state index contributed by atoms with van der Waals surface area (Å²) in [5, 5.41) is 9.10. The molecule has 0 saturated carbocycles. The molecule has 1 aliphatic heterocycles. The number of nitriles is 1. The Morgan fingerprint density at radius 1 is 1.26 bits per heavy atom. The van der Waals surface area contributed by atoms with E-state index in [0.29, 0.717) is 30.9 Å². The Kier molecular flexibility index (Phi) is 4.99. The first kappa shape index (κ1) is 16.9. The molecule has 0 aromatic heterocycles. The van der Waals surface area contributed by atoms with E-state index in [-0.39, 0.29) is 6.09 Å². The number of hydrogen-bond acceptors (Lipinski definition) is 5. The number of nitrogens with two attached hydrogens (primary N) is 1. The van der Waals surface area contributed by atoms with Crippen LogP contribution >= 0.6 is 0 Å². The van der Waals surface area contributed by atoms with Gasteiger partial charge in [0.2, 0.25) is 0 Å². The minimum atomic E-state index is -0.484. The van der Waals surface area contributed by atoms with Gasteiger partial charge in [0.1, 0.15) is 11.7 Å². The first-order chi connectivity index (χ1) is 10.8. The van der Waals surface area contributed by atoms with Crippen molar-refractivity contribution in [2.24, 2.45) is 0 Å². The van der Waals surface area contributed by atoms with Crippen LogP contribution in [0.15, 0.2) is 18.2 Å². The number of ether oxygens (including phenoxy) is 1. The van der Waals surface area contributed by atoms with Gasteiger partial charge in [-0.3, -0.25) is 0 Å². The Labute approximate surface area is 137 Å². The molecular formula is C17H24N4O2. The molecule has 0 unspecified atom stereocenters. The first-order valence-corrected chi connectivity index (χ1v) is 7.82. The van der Waals surface area contributed by atoms with Crippen LogP contribution in [-0.4, -0.2) is 42.8 Å². The lowest BCUT2D eigenvalue weighted by Gasteiger charge is -2.27. The molecule has 6 nitrogen and oxygen atoms in total. The molecule has 2 N–H and O–H groups in total. The molecule has 6 heteroatoms. The molecule has 1 fully saturated rings. The van der Waals surface area contributed by atoms with E-state index in [1.54, 1.807) is 17.0 Å². The smallest absolute Gasteiger partial charge is 0.410 e. The lowest BCUT2D eigenvalue weighted by Crippen LogP contribution is -2.39. The van der Waals surface area contributed by atoms with Crippen molar-refractivity contribution >= 4 is 17.5 Å². The predicted octanol–water partition coefficient (Wildman–Crippen LogP) is 2.59. The number of hydrogen-bond donors (Lipinski definition) is 1. The quantitative estimate of drug-likeness (QED) is 0.805. The number of nitrogen functional groups attached to an aromatic ring is 1. The summed E-state index contributed by atoms with van der Waals surface area (Å²) in [6.07, 6.45) is 0.584. The van der Waals surface area contributed by atoms with Crippen molar-refractivity contribution in [3.05, 3.63) is 23.8 Å². The number of amides is 1. The van der Waals surface area contributed by atoms with E-state index < -0.39 is 5.60 Å². The molecule has 0 spiro atoms. The van der Waals surface area contributed by atoms with E-state index in [4.69, 9.17) is 15.7 Å². The van der Waals surface area contributed by atoms with Gasteiger partial charge in [-0.05, 0) is 45.4 Å². The maximum absolute atomic E-state index is 12.2. The third-order valence-corrected chi connectivity index (χ3v) is 3.67. The fourth-order valence-corrected chi connectivity index (χ4v) is 2.52. The summed E-state index contributed by atoms with van der Waals surface area (Å²) in [4.78, 5) is 16.1. The molecule has 23 heavy (non-hydrogen) atoms. The Bertz CT molecular complexity index is 616. The van der Waals surface area contributed by atoms with E-state index in [2.05, 4.69) is 11.0 Å². The van der Waals surface area contributed by atoms with Crippen molar-refractivity contribution in [1.82, 2.24) is 4.90 Å². The average molecular weight is 316 g/mol. The lowest BCUT2D eigenvalue weighted by molar-refractivity contribution is 0.0263. The normalized spacial score (nSPS) is 15.7. The minimum Gasteiger partial charge on any atom is -0.444 e. The standard InChI is InChI=1S/C17H24N4O2/c1-17(2,3)23-16(22)21-8-4-7-20(9-10-21)14-5-6-15(19)13(11-14)12-18/h5-6,11H,4,7-10,19H2,1-3H3. The molecule has 1 heterocycles. The van der Waals surface area contributed by atoms with Gasteiger partial charge in [0.25, 0.3) is 0 Å². The average Bonchev–Trinajstić information content (AvgIpc) is 2.72. The van der Waals surface area contributed by atoms with Crippen molar-refractivity contribution in [1.29, 1.82) is 5.26 Å². The van der Waals surface area contributed by atoms with Crippen LogP contribution in [0.3, 0.4) is 0 Å². The second-order valence-corrected chi connectivity index (χ2v) is 6.69. The summed E-state index contributed by atoms with van der Waals surface area (Å²) in [5.74, 6) is 0. The van der Waals surface area contributed by atoms with Crippen molar-refractivity contribution < 1.29 is 9.53 Å². The summed E-state index contributed by atoms with van der Waals surface area (Å²) in [5.41, 5.74) is 7.22.